The van der Waals surface area contributed by atoms with Crippen LogP contribution in [0.15, 0.2) is 70.4 Å². The zero-order chi connectivity index (χ0) is 23.3. The van der Waals surface area contributed by atoms with E-state index in [0.29, 0.717) is 38.3 Å². The number of nitrogens with one attached hydrogen (secondary N) is 2. The molecule has 0 bridgehead atoms. The molecule has 0 unspecified atom stereocenters. The van der Waals surface area contributed by atoms with E-state index >= 15 is 0 Å². The van der Waals surface area contributed by atoms with E-state index in [-0.39, 0.29) is 11.3 Å². The highest BCUT2D eigenvalue weighted by Gasteiger charge is 2.36. The largest absolute Gasteiger partial charge is 0.495 e. The number of amides is 2. The van der Waals surface area contributed by atoms with E-state index in [1.807, 2.05) is 0 Å². The van der Waals surface area contributed by atoms with Gasteiger partial charge >= 0.3 is 0 Å². The topological polar surface area (TPSA) is 117 Å². The van der Waals surface area contributed by atoms with Gasteiger partial charge in [-0.3, -0.25) is 9.59 Å². The van der Waals surface area contributed by atoms with Crippen molar-refractivity contribution in [2.24, 2.45) is 5.73 Å². The van der Waals surface area contributed by atoms with Crippen LogP contribution in [0.3, 0.4) is 0 Å². The van der Waals surface area contributed by atoms with E-state index in [9.17, 15) is 14.9 Å². The number of allylic oxidation sites excluding steroid dienone is 2. The Labute approximate surface area is 195 Å². The molecule has 1 heterocycles. The third kappa shape index (κ3) is 4.90. The molecule has 4 N–H and O–H groups in total. The molecule has 1 aliphatic rings. The van der Waals surface area contributed by atoms with Crippen molar-refractivity contribution in [3.05, 3.63) is 81.0 Å². The van der Waals surface area contributed by atoms with Crippen LogP contribution in [0.4, 0.5) is 5.69 Å². The summed E-state index contributed by atoms with van der Waals surface area (Å²) in [5.74, 6) is -1.17. The van der Waals surface area contributed by atoms with Crippen molar-refractivity contribution in [2.75, 3.05) is 18.2 Å². The van der Waals surface area contributed by atoms with Gasteiger partial charge in [-0.05, 0) is 30.7 Å². The average molecular weight is 469 g/mol. The average Bonchev–Trinajstić information content (AvgIpc) is 2.77. The van der Waals surface area contributed by atoms with Crippen molar-refractivity contribution in [1.82, 2.24) is 5.32 Å². The smallest absolute Gasteiger partial charge is 0.254 e. The van der Waals surface area contributed by atoms with Gasteiger partial charge in [-0.25, -0.2) is 0 Å². The molecule has 1 aliphatic heterocycles. The fourth-order valence-corrected chi connectivity index (χ4v) is 4.50. The first-order chi connectivity index (χ1) is 15.4. The van der Waals surface area contributed by atoms with Crippen LogP contribution in [-0.4, -0.2) is 24.7 Å². The van der Waals surface area contributed by atoms with Crippen LogP contribution in [0, 0.1) is 11.3 Å². The van der Waals surface area contributed by atoms with E-state index < -0.39 is 17.7 Å². The number of para-hydroxylation sites is 2. The number of halogens is 1. The van der Waals surface area contributed by atoms with Crippen molar-refractivity contribution < 1.29 is 14.3 Å². The molecular weight excluding hydrogens is 448 g/mol. The number of dihydropyridines is 1. The molecule has 7 nitrogen and oxygen atoms in total. The molecule has 9 heteroatoms. The van der Waals surface area contributed by atoms with E-state index in [4.69, 9.17) is 22.1 Å². The zero-order valence-corrected chi connectivity index (χ0v) is 19.0. The van der Waals surface area contributed by atoms with Crippen LogP contribution < -0.4 is 21.1 Å². The van der Waals surface area contributed by atoms with Crippen molar-refractivity contribution in [3.63, 3.8) is 0 Å². The van der Waals surface area contributed by atoms with Crippen molar-refractivity contribution >= 4 is 40.9 Å². The first kappa shape index (κ1) is 23.3. The lowest BCUT2D eigenvalue weighted by molar-refractivity contribution is -0.115. The number of carbonyl (C=O) groups is 2. The van der Waals surface area contributed by atoms with Gasteiger partial charge in [0.2, 0.25) is 5.91 Å². The molecule has 164 valence electrons. The molecule has 0 saturated carbocycles. The van der Waals surface area contributed by atoms with Gasteiger partial charge in [0.25, 0.3) is 5.91 Å². The number of primary amides is 1. The Kier molecular flexibility index (Phi) is 7.46. The van der Waals surface area contributed by atoms with E-state index in [0.717, 1.165) is 11.8 Å². The lowest BCUT2D eigenvalue weighted by Crippen LogP contribution is -2.31. The fraction of sp³-hybridized carbons (Fsp3) is 0.174. The number of hydrogen-bond acceptors (Lipinski definition) is 6. The SMILES string of the molecule is COc1ccccc1NC(=O)C1=C(C)NC(SCC(N)=O)=C(C#N)[C@H]1c1ccccc1Cl. The maximum atomic E-state index is 13.5. The Bertz CT molecular complexity index is 1170. The molecule has 0 spiro atoms. The summed E-state index contributed by atoms with van der Waals surface area (Å²) in [5.41, 5.74) is 7.54. The molecule has 0 fully saturated rings. The number of rotatable bonds is 7. The van der Waals surface area contributed by atoms with Crippen LogP contribution in [0.1, 0.15) is 18.4 Å². The Balaban J connectivity index is 2.10. The van der Waals surface area contributed by atoms with Gasteiger partial charge in [-0.2, -0.15) is 5.26 Å². The lowest BCUT2D eigenvalue weighted by Gasteiger charge is -2.30. The minimum atomic E-state index is -0.736. The molecule has 2 amide bonds. The van der Waals surface area contributed by atoms with E-state index in [2.05, 4.69) is 16.7 Å². The minimum Gasteiger partial charge on any atom is -0.495 e. The molecule has 2 aromatic carbocycles. The van der Waals surface area contributed by atoms with Gasteiger partial charge in [-0.15, -0.1) is 0 Å². The summed E-state index contributed by atoms with van der Waals surface area (Å²) in [7, 11) is 1.52. The highest BCUT2D eigenvalue weighted by molar-refractivity contribution is 8.03. The lowest BCUT2D eigenvalue weighted by atomic mass is 9.82. The second-order valence-electron chi connectivity index (χ2n) is 6.88. The third-order valence-electron chi connectivity index (χ3n) is 4.82. The number of benzene rings is 2. The Morgan fingerprint density at radius 1 is 1.25 bits per heavy atom. The second kappa shape index (κ2) is 10.3. The number of ether oxygens (including phenoxy) is 1. The van der Waals surface area contributed by atoms with Crippen molar-refractivity contribution in [2.45, 2.75) is 12.8 Å². The number of nitrogens with two attached hydrogens (primary N) is 1. The van der Waals surface area contributed by atoms with Crippen LogP contribution in [0.25, 0.3) is 0 Å². The monoisotopic (exact) mass is 468 g/mol. The van der Waals surface area contributed by atoms with E-state index in [1.165, 1.54) is 7.11 Å². The van der Waals surface area contributed by atoms with Crippen molar-refractivity contribution in [3.8, 4) is 11.8 Å². The molecule has 1 atom stereocenters. The Hall–Kier alpha value is -3.41. The van der Waals surface area contributed by atoms with Crippen molar-refractivity contribution in [1.29, 1.82) is 5.26 Å². The predicted octanol–water partition coefficient (Wildman–Crippen LogP) is 3.90. The summed E-state index contributed by atoms with van der Waals surface area (Å²) in [6, 6.07) is 16.3. The normalized spacial score (nSPS) is 15.6. The van der Waals surface area contributed by atoms with Crippen LogP contribution in [0.5, 0.6) is 5.75 Å². The predicted molar refractivity (Wildman–Crippen MR) is 126 cm³/mol. The summed E-state index contributed by atoms with van der Waals surface area (Å²) in [6.07, 6.45) is 0. The van der Waals surface area contributed by atoms with Gasteiger partial charge in [-0.1, -0.05) is 53.7 Å². The quantitative estimate of drug-likeness (QED) is 0.567. The molecule has 3 rings (SSSR count). The maximum Gasteiger partial charge on any atom is 0.254 e. The van der Waals surface area contributed by atoms with Crippen LogP contribution in [-0.2, 0) is 9.59 Å². The van der Waals surface area contributed by atoms with Crippen LogP contribution >= 0.6 is 23.4 Å². The van der Waals surface area contributed by atoms with E-state index in [1.54, 1.807) is 55.5 Å². The fourth-order valence-electron chi connectivity index (χ4n) is 3.43. The highest BCUT2D eigenvalue weighted by atomic mass is 35.5. The molecule has 2 aromatic rings. The van der Waals surface area contributed by atoms with Gasteiger partial charge in [0.1, 0.15) is 5.75 Å². The second-order valence-corrected chi connectivity index (χ2v) is 8.27. The number of thioether (sulfide) groups is 1. The number of methoxy groups -OCH3 is 1. The molecule has 0 saturated heterocycles. The number of hydrogen-bond donors (Lipinski definition) is 3. The summed E-state index contributed by atoms with van der Waals surface area (Å²) < 4.78 is 5.33. The number of nitriles is 1. The van der Waals surface area contributed by atoms with Gasteiger partial charge in [0.05, 0.1) is 41.1 Å². The number of nitrogens with zero attached hydrogens (tertiary/aromatic N) is 1. The maximum absolute atomic E-state index is 13.5. The standard InChI is InChI=1S/C23H21ClN4O3S/c1-13-20(22(30)28-17-9-5-6-10-18(17)31-2)21(14-7-3-4-8-16(14)24)15(11-25)23(27-13)32-12-19(26)29/h3-10,21,27H,12H2,1-2H3,(H2,26,29)(H,28,30)/t21-/m1/s1. The molecular formula is C23H21ClN4O3S. The van der Waals surface area contributed by atoms with Gasteiger partial charge in [0.15, 0.2) is 0 Å². The first-order valence-corrected chi connectivity index (χ1v) is 11.0. The summed E-state index contributed by atoms with van der Waals surface area (Å²) in [6.45, 7) is 1.74. The zero-order valence-electron chi connectivity index (χ0n) is 17.4. The molecule has 32 heavy (non-hydrogen) atoms. The minimum absolute atomic E-state index is 0.0151. The Morgan fingerprint density at radius 3 is 2.59 bits per heavy atom. The van der Waals surface area contributed by atoms with Gasteiger partial charge in [0, 0.05) is 16.3 Å². The summed E-state index contributed by atoms with van der Waals surface area (Å²) in [4.78, 5) is 24.8. The summed E-state index contributed by atoms with van der Waals surface area (Å²) >= 11 is 7.59. The summed E-state index contributed by atoms with van der Waals surface area (Å²) in [5, 5.41) is 16.9. The third-order valence-corrected chi connectivity index (χ3v) is 6.21. The molecule has 0 aromatic heterocycles. The molecule has 0 aliphatic carbocycles. The highest BCUT2D eigenvalue weighted by Crippen LogP contribution is 2.43. The van der Waals surface area contributed by atoms with Crippen LogP contribution in [0.2, 0.25) is 5.02 Å². The molecule has 0 radical (unpaired) electrons. The first-order valence-electron chi connectivity index (χ1n) is 9.59. The van der Waals surface area contributed by atoms with Gasteiger partial charge < -0.3 is 21.1 Å². The number of carbonyl (C=O) groups excluding carboxylic acids is 2. The number of anilines is 1. The Morgan fingerprint density at radius 2 is 1.94 bits per heavy atom.